The molecule has 540 valence electrons. The molecular weight excluding hydrogens is 1200 g/mol. The first kappa shape index (κ1) is 89.1. The van der Waals surface area contributed by atoms with Gasteiger partial charge in [0.15, 0.2) is 12.2 Å². The number of phosphoric acid groups is 2. The standard InChI is InChI=1S/C72H140O17P2/c1-9-65(8)51-43-35-29-31-39-47-55-72(77)89-68(58-82-69(74)52-44-36-26-22-18-14-12-10-11-13-16-20-24-32-40-48-62(2)3)61-87-91(80,81)85-57-66(73)56-84-90(78,79)86-60-67(59-83-70(75)53-45-37-30-28-34-42-50-64(6)7)88-71(76)54-46-38-27-23-19-15-17-21-25-33-41-49-63(4)5/h62-68,73H,9-61H2,1-8H3,(H,78,79)(H,80,81)/t65?,66-,67+,68+/m0/s1. The number of rotatable bonds is 69. The molecule has 19 heteroatoms. The van der Waals surface area contributed by atoms with Gasteiger partial charge in [-0.15, -0.1) is 0 Å². The predicted octanol–water partition coefficient (Wildman–Crippen LogP) is 20.5. The maximum absolute atomic E-state index is 13.0. The summed E-state index contributed by atoms with van der Waals surface area (Å²) in [4.78, 5) is 72.6. The molecular formula is C72H140O17P2. The first-order valence-electron chi connectivity index (χ1n) is 37.2. The molecule has 0 saturated carbocycles. The van der Waals surface area contributed by atoms with E-state index < -0.39 is 97.5 Å². The summed E-state index contributed by atoms with van der Waals surface area (Å²) in [5, 5.41) is 10.6. The van der Waals surface area contributed by atoms with Gasteiger partial charge >= 0.3 is 39.5 Å². The Morgan fingerprint density at radius 2 is 0.527 bits per heavy atom. The molecule has 0 aromatic carbocycles. The Morgan fingerprint density at radius 3 is 0.780 bits per heavy atom. The number of aliphatic hydroxyl groups is 1. The third-order valence-electron chi connectivity index (χ3n) is 16.9. The number of aliphatic hydroxyl groups excluding tert-OH is 1. The Morgan fingerprint density at radius 1 is 0.308 bits per heavy atom. The largest absolute Gasteiger partial charge is 0.472 e. The molecule has 0 saturated heterocycles. The van der Waals surface area contributed by atoms with Gasteiger partial charge in [0.25, 0.3) is 0 Å². The molecule has 0 amide bonds. The van der Waals surface area contributed by atoms with Gasteiger partial charge in [-0.3, -0.25) is 37.3 Å². The smallest absolute Gasteiger partial charge is 0.462 e. The third kappa shape index (κ3) is 65.1. The summed E-state index contributed by atoms with van der Waals surface area (Å²) < 4.78 is 68.3. The number of unbranched alkanes of at least 4 members (excludes halogenated alkanes) is 34. The molecule has 0 aromatic rings. The molecule has 0 aliphatic heterocycles. The van der Waals surface area contributed by atoms with Crippen molar-refractivity contribution in [2.75, 3.05) is 39.6 Å². The highest BCUT2D eigenvalue weighted by Gasteiger charge is 2.30. The molecule has 3 unspecified atom stereocenters. The fraction of sp³-hybridized carbons (Fsp3) is 0.944. The number of phosphoric ester groups is 2. The van der Waals surface area contributed by atoms with Gasteiger partial charge in [0.1, 0.15) is 19.3 Å². The highest BCUT2D eigenvalue weighted by atomic mass is 31.2. The predicted molar refractivity (Wildman–Crippen MR) is 367 cm³/mol. The molecule has 0 aromatic heterocycles. The first-order valence-corrected chi connectivity index (χ1v) is 40.2. The van der Waals surface area contributed by atoms with E-state index in [0.717, 1.165) is 114 Å². The molecule has 6 atom stereocenters. The Kier molecular flexibility index (Phi) is 60.3. The quantitative estimate of drug-likeness (QED) is 0.0222. The highest BCUT2D eigenvalue weighted by molar-refractivity contribution is 7.47. The monoisotopic (exact) mass is 1340 g/mol. The summed E-state index contributed by atoms with van der Waals surface area (Å²) in [6.45, 7) is 14.1. The van der Waals surface area contributed by atoms with Crippen LogP contribution in [0.2, 0.25) is 0 Å². The second-order valence-electron chi connectivity index (χ2n) is 27.6. The zero-order valence-electron chi connectivity index (χ0n) is 59.5. The van der Waals surface area contributed by atoms with Crippen LogP contribution in [0.3, 0.4) is 0 Å². The van der Waals surface area contributed by atoms with E-state index in [-0.39, 0.29) is 25.7 Å². The van der Waals surface area contributed by atoms with Crippen LogP contribution >= 0.6 is 15.6 Å². The number of hydrogen-bond donors (Lipinski definition) is 3. The van der Waals surface area contributed by atoms with E-state index in [1.165, 1.54) is 154 Å². The summed E-state index contributed by atoms with van der Waals surface area (Å²) >= 11 is 0. The third-order valence-corrected chi connectivity index (χ3v) is 18.8. The van der Waals surface area contributed by atoms with E-state index in [0.29, 0.717) is 31.6 Å². The van der Waals surface area contributed by atoms with E-state index in [9.17, 15) is 43.2 Å². The fourth-order valence-electron chi connectivity index (χ4n) is 10.8. The number of carbonyl (C=O) groups is 4. The molecule has 0 aliphatic rings. The molecule has 17 nitrogen and oxygen atoms in total. The van der Waals surface area contributed by atoms with Crippen molar-refractivity contribution in [3.63, 3.8) is 0 Å². The Bertz CT molecular complexity index is 1800. The van der Waals surface area contributed by atoms with Gasteiger partial charge < -0.3 is 33.8 Å². The van der Waals surface area contributed by atoms with Crippen LogP contribution in [0.25, 0.3) is 0 Å². The summed E-state index contributed by atoms with van der Waals surface area (Å²) in [5.41, 5.74) is 0. The molecule has 0 heterocycles. The van der Waals surface area contributed by atoms with Crippen LogP contribution in [0, 0.1) is 23.7 Å². The number of hydrogen-bond acceptors (Lipinski definition) is 15. The number of carbonyl (C=O) groups excluding carboxylic acids is 4. The van der Waals surface area contributed by atoms with Crippen LogP contribution < -0.4 is 0 Å². The number of esters is 4. The van der Waals surface area contributed by atoms with E-state index in [1.807, 2.05) is 0 Å². The van der Waals surface area contributed by atoms with Gasteiger partial charge in [0, 0.05) is 25.7 Å². The van der Waals surface area contributed by atoms with Crippen molar-refractivity contribution >= 4 is 39.5 Å². The normalized spacial score (nSPS) is 14.5. The van der Waals surface area contributed by atoms with Gasteiger partial charge in [-0.25, -0.2) is 9.13 Å². The van der Waals surface area contributed by atoms with Gasteiger partial charge in [0.2, 0.25) is 0 Å². The second kappa shape index (κ2) is 61.6. The van der Waals surface area contributed by atoms with E-state index >= 15 is 0 Å². The van der Waals surface area contributed by atoms with Crippen molar-refractivity contribution in [1.29, 1.82) is 0 Å². The Balaban J connectivity index is 5.19. The molecule has 0 radical (unpaired) electrons. The second-order valence-corrected chi connectivity index (χ2v) is 30.6. The molecule has 3 N–H and O–H groups in total. The van der Waals surface area contributed by atoms with Crippen molar-refractivity contribution < 1.29 is 80.2 Å². The lowest BCUT2D eigenvalue weighted by Crippen LogP contribution is -2.30. The molecule has 0 aliphatic carbocycles. The number of ether oxygens (including phenoxy) is 4. The van der Waals surface area contributed by atoms with Crippen LogP contribution in [0.5, 0.6) is 0 Å². The summed E-state index contributed by atoms with van der Waals surface area (Å²) in [6, 6.07) is 0. The van der Waals surface area contributed by atoms with Gasteiger partial charge in [0.05, 0.1) is 26.4 Å². The average molecular weight is 1340 g/mol. The summed E-state index contributed by atoms with van der Waals surface area (Å²) in [7, 11) is -9.90. The maximum atomic E-state index is 13.0. The van der Waals surface area contributed by atoms with Crippen molar-refractivity contribution in [3.05, 3.63) is 0 Å². The molecule has 0 spiro atoms. The van der Waals surface area contributed by atoms with Crippen molar-refractivity contribution in [2.24, 2.45) is 23.7 Å². The first-order chi connectivity index (χ1) is 43.6. The van der Waals surface area contributed by atoms with Crippen LogP contribution in [0.4, 0.5) is 0 Å². The average Bonchev–Trinajstić information content (AvgIpc) is 3.39. The topological polar surface area (TPSA) is 237 Å². The van der Waals surface area contributed by atoms with E-state index in [1.54, 1.807) is 0 Å². The lowest BCUT2D eigenvalue weighted by molar-refractivity contribution is -0.161. The molecule has 91 heavy (non-hydrogen) atoms. The van der Waals surface area contributed by atoms with Crippen LogP contribution in [-0.4, -0.2) is 96.7 Å². The lowest BCUT2D eigenvalue weighted by Gasteiger charge is -2.21. The van der Waals surface area contributed by atoms with Gasteiger partial charge in [-0.05, 0) is 49.4 Å². The van der Waals surface area contributed by atoms with Gasteiger partial charge in [-0.2, -0.15) is 0 Å². The Hall–Kier alpha value is -1.94. The Labute approximate surface area is 556 Å². The SMILES string of the molecule is CCC(C)CCCCCCCCC(=O)O[C@H](COC(=O)CCCCCCCCCCCCCCCCCC(C)C)COP(=O)(O)OC[C@@H](O)COP(=O)(O)OC[C@@H](COC(=O)CCCCCCCCC(C)C)OC(=O)CCCCCCCCCCCCCC(C)C. The minimum absolute atomic E-state index is 0.103. The van der Waals surface area contributed by atoms with Crippen molar-refractivity contribution in [2.45, 2.75) is 375 Å². The maximum Gasteiger partial charge on any atom is 0.472 e. The summed E-state index contributed by atoms with van der Waals surface area (Å²) in [5.74, 6) is 0.840. The fourth-order valence-corrected chi connectivity index (χ4v) is 12.4. The minimum Gasteiger partial charge on any atom is -0.462 e. The molecule has 0 rings (SSSR count). The zero-order valence-corrected chi connectivity index (χ0v) is 61.3. The molecule has 0 bridgehead atoms. The van der Waals surface area contributed by atoms with Crippen LogP contribution in [-0.2, 0) is 65.4 Å². The van der Waals surface area contributed by atoms with E-state index in [4.69, 9.17) is 37.0 Å². The lowest BCUT2D eigenvalue weighted by atomic mass is 10.00. The van der Waals surface area contributed by atoms with Crippen molar-refractivity contribution in [3.8, 4) is 0 Å². The van der Waals surface area contributed by atoms with Crippen LogP contribution in [0.15, 0.2) is 0 Å². The van der Waals surface area contributed by atoms with Crippen molar-refractivity contribution in [1.82, 2.24) is 0 Å². The summed E-state index contributed by atoms with van der Waals surface area (Å²) in [6.07, 6.45) is 44.7. The molecule has 0 fully saturated rings. The van der Waals surface area contributed by atoms with Crippen LogP contribution in [0.1, 0.15) is 357 Å². The minimum atomic E-state index is -4.95. The van der Waals surface area contributed by atoms with E-state index in [2.05, 4.69) is 55.4 Å². The highest BCUT2D eigenvalue weighted by Crippen LogP contribution is 2.45. The van der Waals surface area contributed by atoms with Gasteiger partial charge in [-0.1, -0.05) is 306 Å². The zero-order chi connectivity index (χ0) is 67.5.